The SMILES string of the molecule is CCCc1cc(=O)n2n1[C]C=C2c1ccccc1.[C-]#[O+].[C-]#[O+].[C-]#[O+].[C-]#[O+].[C-]#[O+].[W]. The van der Waals surface area contributed by atoms with Gasteiger partial charge in [0.05, 0.1) is 5.70 Å². The van der Waals surface area contributed by atoms with E-state index in [2.05, 4.69) is 46.7 Å². The van der Waals surface area contributed by atoms with Crippen LogP contribution in [0.5, 0.6) is 0 Å². The van der Waals surface area contributed by atoms with Crippen molar-refractivity contribution in [2.24, 2.45) is 0 Å². The molecule has 0 unspecified atom stereocenters. The second kappa shape index (κ2) is 23.4. The number of aromatic nitrogens is 2. The first kappa shape index (κ1) is 33.9. The zero-order valence-electron chi connectivity index (χ0n) is 15.2. The fraction of sp³-hybridized carbons (Fsp3) is 0.150. The molecule has 29 heavy (non-hydrogen) atoms. The standard InChI is InChI=1S/C15H14N2O.5CO.W/c1-2-6-13-11-15(18)17-14(9-10-16(13)17)12-7-4-3-5-8-12;5*1-2;/h3-5,7-9,11H,2,6H2,1H3;;;;;;. The van der Waals surface area contributed by atoms with Crippen LogP contribution in [0.15, 0.2) is 47.3 Å². The van der Waals surface area contributed by atoms with E-state index >= 15 is 0 Å². The number of allylic oxidation sites excluding steroid dienone is 1. The first-order valence-electron chi connectivity index (χ1n) is 7.20. The molecule has 146 valence electrons. The molecule has 0 spiro atoms. The third-order valence-electron chi connectivity index (χ3n) is 3.10. The minimum atomic E-state index is 0. The van der Waals surface area contributed by atoms with Gasteiger partial charge in [-0.05, 0) is 12.5 Å². The van der Waals surface area contributed by atoms with Crippen LogP contribution in [-0.2, 0) is 50.7 Å². The Kier molecular flexibility index (Phi) is 27.4. The van der Waals surface area contributed by atoms with Crippen molar-refractivity contribution >= 4 is 5.70 Å². The van der Waals surface area contributed by atoms with Gasteiger partial charge in [-0.3, -0.25) is 9.48 Å². The van der Waals surface area contributed by atoms with E-state index < -0.39 is 0 Å². The first-order valence-corrected chi connectivity index (χ1v) is 7.20. The molecule has 2 radical (unpaired) electrons. The number of benzene rings is 1. The first-order chi connectivity index (χ1) is 13.8. The molecule has 0 bridgehead atoms. The smallest absolute Gasteiger partial charge is 0 e. The van der Waals surface area contributed by atoms with E-state index in [-0.39, 0.29) is 26.6 Å². The summed E-state index contributed by atoms with van der Waals surface area (Å²) in [4.78, 5) is 12.1. The second-order valence-electron chi connectivity index (χ2n) is 4.37. The Morgan fingerprint density at radius 2 is 1.38 bits per heavy atom. The maximum atomic E-state index is 12.1. The van der Waals surface area contributed by atoms with Crippen molar-refractivity contribution in [3.63, 3.8) is 0 Å². The molecular formula is C20H14N2O6W. The van der Waals surface area contributed by atoms with Gasteiger partial charge in [0.2, 0.25) is 0 Å². The molecule has 0 fully saturated rings. The Hall–Kier alpha value is -2.64. The maximum Gasteiger partial charge on any atom is 0 e. The van der Waals surface area contributed by atoms with Crippen LogP contribution in [0.1, 0.15) is 24.6 Å². The number of aryl methyl sites for hydroxylation is 1. The maximum absolute atomic E-state index is 12.1. The van der Waals surface area contributed by atoms with Crippen molar-refractivity contribution < 1.29 is 44.3 Å². The summed E-state index contributed by atoms with van der Waals surface area (Å²) in [7, 11) is 0. The van der Waals surface area contributed by atoms with Crippen molar-refractivity contribution in [3.05, 3.63) is 104 Å². The average molecular weight is 562 g/mol. The molecule has 2 aromatic rings. The van der Waals surface area contributed by atoms with Crippen molar-refractivity contribution in [2.75, 3.05) is 0 Å². The molecule has 0 N–H and O–H groups in total. The van der Waals surface area contributed by atoms with E-state index in [4.69, 9.17) is 23.3 Å². The molecule has 8 nitrogen and oxygen atoms in total. The molecule has 0 aliphatic carbocycles. The van der Waals surface area contributed by atoms with Gasteiger partial charge in [-0.15, -0.1) is 0 Å². The number of nitrogens with zero attached hydrogens (tertiary/aromatic N) is 2. The Bertz CT molecular complexity index is 836. The van der Waals surface area contributed by atoms with Crippen molar-refractivity contribution in [3.8, 4) is 0 Å². The topological polar surface area (TPSA) is 126 Å². The molecule has 0 atom stereocenters. The van der Waals surface area contributed by atoms with Crippen LogP contribution in [0.2, 0.25) is 0 Å². The third-order valence-corrected chi connectivity index (χ3v) is 3.10. The second-order valence-corrected chi connectivity index (χ2v) is 4.37. The van der Waals surface area contributed by atoms with Gasteiger partial charge in [-0.25, -0.2) is 4.68 Å². The Morgan fingerprint density at radius 3 is 1.83 bits per heavy atom. The van der Waals surface area contributed by atoms with Gasteiger partial charge < -0.3 is 0 Å². The van der Waals surface area contributed by atoms with E-state index in [0.29, 0.717) is 0 Å². The monoisotopic (exact) mass is 562 g/mol. The summed E-state index contributed by atoms with van der Waals surface area (Å²) in [6.45, 7) is 27.7. The Morgan fingerprint density at radius 1 is 0.897 bits per heavy atom. The van der Waals surface area contributed by atoms with Crippen LogP contribution in [0.4, 0.5) is 0 Å². The van der Waals surface area contributed by atoms with Gasteiger partial charge in [-0.2, -0.15) is 0 Å². The number of hydrogen-bond acceptors (Lipinski definition) is 1. The molecule has 1 aromatic heterocycles. The van der Waals surface area contributed by atoms with Gasteiger partial charge in [0, 0.05) is 38.4 Å². The molecule has 2 heterocycles. The van der Waals surface area contributed by atoms with Crippen LogP contribution < -0.4 is 5.56 Å². The van der Waals surface area contributed by atoms with Crippen molar-refractivity contribution in [1.29, 1.82) is 0 Å². The van der Waals surface area contributed by atoms with E-state index in [1.807, 2.05) is 41.1 Å². The summed E-state index contributed by atoms with van der Waals surface area (Å²) in [5.41, 5.74) is 2.96. The van der Waals surface area contributed by atoms with Crippen molar-refractivity contribution in [2.45, 2.75) is 19.8 Å². The molecule has 1 aliphatic heterocycles. The minimum absolute atomic E-state index is 0. The largest absolute Gasteiger partial charge is 0 e. The summed E-state index contributed by atoms with van der Waals surface area (Å²) in [5, 5.41) is 0. The van der Waals surface area contributed by atoms with Gasteiger partial charge in [-0.1, -0.05) is 43.7 Å². The predicted molar refractivity (Wildman–Crippen MR) is 90.8 cm³/mol. The molecule has 0 amide bonds. The third kappa shape index (κ3) is 9.91. The molecular weight excluding hydrogens is 548 g/mol. The Labute approximate surface area is 183 Å². The van der Waals surface area contributed by atoms with E-state index in [1.165, 1.54) is 0 Å². The molecule has 9 heteroatoms. The number of fused-ring (bicyclic) bond motifs is 1. The van der Waals surface area contributed by atoms with Crippen LogP contribution in [0, 0.1) is 39.8 Å². The van der Waals surface area contributed by atoms with Gasteiger partial charge >= 0.3 is 56.5 Å². The zero-order valence-corrected chi connectivity index (χ0v) is 18.1. The molecule has 3 rings (SSSR count). The van der Waals surface area contributed by atoms with Crippen LogP contribution >= 0.6 is 0 Å². The summed E-state index contributed by atoms with van der Waals surface area (Å²) < 4.78 is 41.0. The number of hydrogen-bond donors (Lipinski definition) is 0. The quantitative estimate of drug-likeness (QED) is 0.413. The molecule has 1 aromatic carbocycles. The summed E-state index contributed by atoms with van der Waals surface area (Å²) in [6.07, 6.45) is 3.78. The predicted octanol–water partition coefficient (Wildman–Crippen LogP) is 2.20. The molecule has 0 saturated heterocycles. The fourth-order valence-electron chi connectivity index (χ4n) is 2.29. The number of rotatable bonds is 3. The molecule has 1 aliphatic rings. The van der Waals surface area contributed by atoms with Gasteiger partial charge in [0.25, 0.3) is 5.56 Å². The Balaban J connectivity index is -0.000000250. The van der Waals surface area contributed by atoms with E-state index in [0.717, 1.165) is 29.8 Å². The van der Waals surface area contributed by atoms with Crippen LogP contribution in [0.25, 0.3) is 5.70 Å². The van der Waals surface area contributed by atoms with E-state index in [1.54, 1.807) is 10.7 Å². The van der Waals surface area contributed by atoms with Crippen molar-refractivity contribution in [1.82, 2.24) is 9.36 Å². The zero-order chi connectivity index (χ0) is 22.5. The normalized spacial score (nSPS) is 8.72. The van der Waals surface area contributed by atoms with Gasteiger partial charge in [0.1, 0.15) is 6.54 Å². The summed E-state index contributed by atoms with van der Waals surface area (Å²) >= 11 is 0. The van der Waals surface area contributed by atoms with Gasteiger partial charge in [0.15, 0.2) is 0 Å². The summed E-state index contributed by atoms with van der Waals surface area (Å²) in [5.74, 6) is 0. The van der Waals surface area contributed by atoms with Crippen LogP contribution in [-0.4, -0.2) is 9.36 Å². The summed E-state index contributed by atoms with van der Waals surface area (Å²) in [6, 6.07) is 11.6. The fourth-order valence-corrected chi connectivity index (χ4v) is 2.29. The minimum Gasteiger partial charge on any atom is 0 e. The average Bonchev–Trinajstić information content (AvgIpc) is 3.38. The van der Waals surface area contributed by atoms with E-state index in [9.17, 15) is 4.79 Å². The van der Waals surface area contributed by atoms with Crippen LogP contribution in [0.3, 0.4) is 0 Å². The molecule has 0 saturated carbocycles.